The minimum absolute atomic E-state index is 0.0729. The highest BCUT2D eigenvalue weighted by molar-refractivity contribution is 5.93. The van der Waals surface area contributed by atoms with Gasteiger partial charge in [0.1, 0.15) is 23.1 Å². The van der Waals surface area contributed by atoms with Crippen LogP contribution in [0.1, 0.15) is 5.56 Å². The second kappa shape index (κ2) is 10.2. The number of halogens is 2. The van der Waals surface area contributed by atoms with E-state index in [0.29, 0.717) is 22.5 Å². The van der Waals surface area contributed by atoms with Crippen molar-refractivity contribution >= 4 is 28.7 Å². The molecule has 1 saturated heterocycles. The summed E-state index contributed by atoms with van der Waals surface area (Å²) in [4.78, 5) is 11.0. The van der Waals surface area contributed by atoms with Gasteiger partial charge in [0.05, 0.1) is 31.4 Å². The number of benzene rings is 2. The van der Waals surface area contributed by atoms with Crippen LogP contribution in [-0.4, -0.2) is 65.0 Å². The summed E-state index contributed by atoms with van der Waals surface area (Å²) in [6, 6.07) is 9.14. The summed E-state index contributed by atoms with van der Waals surface area (Å²) in [6.07, 6.45) is 5.81. The predicted octanol–water partition coefficient (Wildman–Crippen LogP) is 4.40. The Morgan fingerprint density at radius 1 is 1.17 bits per heavy atom. The van der Waals surface area contributed by atoms with Gasteiger partial charge in [0, 0.05) is 37.5 Å². The molecule has 0 aliphatic carbocycles. The van der Waals surface area contributed by atoms with Gasteiger partial charge in [0.2, 0.25) is 5.95 Å². The molecule has 5 rings (SSSR count). The lowest BCUT2D eigenvalue weighted by molar-refractivity contribution is 0.0435. The molecule has 0 radical (unpaired) electrons. The summed E-state index contributed by atoms with van der Waals surface area (Å²) in [6.45, 7) is 4.26. The Labute approximate surface area is 200 Å². The molecular weight excluding hydrogens is 454 g/mol. The Morgan fingerprint density at radius 3 is 2.83 bits per heavy atom. The third kappa shape index (κ3) is 5.13. The van der Waals surface area contributed by atoms with E-state index in [1.54, 1.807) is 13.3 Å². The van der Waals surface area contributed by atoms with E-state index in [4.69, 9.17) is 9.47 Å². The van der Waals surface area contributed by atoms with Crippen LogP contribution in [-0.2, 0) is 4.74 Å². The van der Waals surface area contributed by atoms with E-state index in [2.05, 4.69) is 42.5 Å². The normalized spacial score (nSPS) is 14.6. The van der Waals surface area contributed by atoms with Gasteiger partial charge in [-0.2, -0.15) is 10.1 Å². The summed E-state index contributed by atoms with van der Waals surface area (Å²) < 4.78 is 38.1. The molecule has 0 amide bonds. The molecule has 4 aromatic rings. The summed E-state index contributed by atoms with van der Waals surface area (Å²) in [5.41, 5.74) is 2.98. The number of aromatic nitrogens is 4. The number of nitrogens with one attached hydrogen (secondary N) is 2. The van der Waals surface area contributed by atoms with Gasteiger partial charge < -0.3 is 14.8 Å². The second-order valence-electron chi connectivity index (χ2n) is 8.05. The van der Waals surface area contributed by atoms with E-state index in [1.807, 2.05) is 18.2 Å². The standard InChI is InChI=1S/C25H24F2N6O2/c1-34-22-7-4-16(3-2-8-33-9-11-35-12-10-33)13-18(22)23-19-15-28-25(30-24(19)32-31-23)29-21-6-5-17(26)14-20(21)27/h2-7,13-15H,8-12H2,1H3,(H2,28,29,30,31,32)/b3-2+. The zero-order valence-corrected chi connectivity index (χ0v) is 19.1. The smallest absolute Gasteiger partial charge is 0.229 e. The van der Waals surface area contributed by atoms with Crippen molar-refractivity contribution in [3.05, 3.63) is 65.9 Å². The Morgan fingerprint density at radius 2 is 2.03 bits per heavy atom. The van der Waals surface area contributed by atoms with Gasteiger partial charge in [-0.25, -0.2) is 13.8 Å². The van der Waals surface area contributed by atoms with Crippen molar-refractivity contribution in [2.24, 2.45) is 0 Å². The number of rotatable bonds is 7. The molecule has 2 aromatic carbocycles. The van der Waals surface area contributed by atoms with Crippen LogP contribution < -0.4 is 10.1 Å². The number of hydrogen-bond donors (Lipinski definition) is 2. The second-order valence-corrected chi connectivity index (χ2v) is 8.05. The molecule has 2 aromatic heterocycles. The zero-order chi connectivity index (χ0) is 24.2. The summed E-state index contributed by atoms with van der Waals surface area (Å²) in [5, 5.41) is 10.8. The SMILES string of the molecule is COc1ccc(/C=C/CN2CCOCC2)cc1-c1n[nH]c2nc(Nc3ccc(F)cc3F)ncc12. The predicted molar refractivity (Wildman–Crippen MR) is 130 cm³/mol. The Balaban J connectivity index is 1.40. The van der Waals surface area contributed by atoms with E-state index in [-0.39, 0.29) is 11.6 Å². The number of fused-ring (bicyclic) bond motifs is 1. The van der Waals surface area contributed by atoms with E-state index >= 15 is 0 Å². The quantitative estimate of drug-likeness (QED) is 0.407. The Kier molecular flexibility index (Phi) is 6.64. The van der Waals surface area contributed by atoms with Gasteiger partial charge in [-0.1, -0.05) is 18.2 Å². The lowest BCUT2D eigenvalue weighted by Crippen LogP contribution is -2.36. The van der Waals surface area contributed by atoms with Crippen molar-refractivity contribution in [1.82, 2.24) is 25.1 Å². The highest BCUT2D eigenvalue weighted by atomic mass is 19.1. The molecule has 1 aliphatic rings. The van der Waals surface area contributed by atoms with Crippen molar-refractivity contribution < 1.29 is 18.3 Å². The van der Waals surface area contributed by atoms with E-state index < -0.39 is 11.6 Å². The zero-order valence-electron chi connectivity index (χ0n) is 19.1. The summed E-state index contributed by atoms with van der Waals surface area (Å²) in [5.74, 6) is -0.568. The molecule has 0 bridgehead atoms. The maximum absolute atomic E-state index is 14.0. The fraction of sp³-hybridized carbons (Fsp3) is 0.240. The largest absolute Gasteiger partial charge is 0.496 e. The first-order valence-electron chi connectivity index (χ1n) is 11.2. The summed E-state index contributed by atoms with van der Waals surface area (Å²) in [7, 11) is 1.61. The molecule has 3 heterocycles. The van der Waals surface area contributed by atoms with Crippen LogP contribution in [0.3, 0.4) is 0 Å². The van der Waals surface area contributed by atoms with Crippen molar-refractivity contribution in [2.45, 2.75) is 0 Å². The summed E-state index contributed by atoms with van der Waals surface area (Å²) >= 11 is 0. The molecule has 1 fully saturated rings. The molecule has 0 atom stereocenters. The average molecular weight is 479 g/mol. The number of H-pyrrole nitrogens is 1. The molecule has 0 saturated carbocycles. The topological polar surface area (TPSA) is 88.2 Å². The third-order valence-electron chi connectivity index (χ3n) is 5.75. The van der Waals surface area contributed by atoms with Crippen LogP contribution in [0.15, 0.2) is 48.7 Å². The van der Waals surface area contributed by atoms with Gasteiger partial charge in [-0.15, -0.1) is 0 Å². The van der Waals surface area contributed by atoms with Crippen molar-refractivity contribution in [3.63, 3.8) is 0 Å². The first kappa shape index (κ1) is 22.9. The monoisotopic (exact) mass is 478 g/mol. The van der Waals surface area contributed by atoms with Crippen LogP contribution >= 0.6 is 0 Å². The first-order chi connectivity index (χ1) is 17.1. The van der Waals surface area contributed by atoms with Crippen molar-refractivity contribution in [3.8, 4) is 17.0 Å². The fourth-order valence-electron chi connectivity index (χ4n) is 3.92. The molecule has 2 N–H and O–H groups in total. The van der Waals surface area contributed by atoms with Gasteiger partial charge in [-0.05, 0) is 29.8 Å². The molecule has 0 unspecified atom stereocenters. The third-order valence-corrected chi connectivity index (χ3v) is 5.75. The Bertz CT molecular complexity index is 1370. The fourth-order valence-corrected chi connectivity index (χ4v) is 3.92. The van der Waals surface area contributed by atoms with Crippen molar-refractivity contribution in [1.29, 1.82) is 0 Å². The van der Waals surface area contributed by atoms with E-state index in [1.165, 1.54) is 6.07 Å². The van der Waals surface area contributed by atoms with Gasteiger partial charge >= 0.3 is 0 Å². The Hall–Kier alpha value is -3.89. The van der Waals surface area contributed by atoms with Crippen LogP contribution in [0.5, 0.6) is 5.75 Å². The number of hydrogen-bond acceptors (Lipinski definition) is 7. The van der Waals surface area contributed by atoms with E-state index in [9.17, 15) is 8.78 Å². The first-order valence-corrected chi connectivity index (χ1v) is 11.2. The molecule has 35 heavy (non-hydrogen) atoms. The highest BCUT2D eigenvalue weighted by Gasteiger charge is 2.16. The van der Waals surface area contributed by atoms with Crippen LogP contribution in [0.2, 0.25) is 0 Å². The number of anilines is 2. The highest BCUT2D eigenvalue weighted by Crippen LogP contribution is 2.34. The van der Waals surface area contributed by atoms with Gasteiger partial charge in [-0.3, -0.25) is 10.00 Å². The number of aromatic amines is 1. The van der Waals surface area contributed by atoms with Crippen LogP contribution in [0, 0.1) is 11.6 Å². The minimum atomic E-state index is -0.734. The molecule has 0 spiro atoms. The number of methoxy groups -OCH3 is 1. The maximum Gasteiger partial charge on any atom is 0.229 e. The van der Waals surface area contributed by atoms with E-state index in [0.717, 1.165) is 56.1 Å². The average Bonchev–Trinajstić information content (AvgIpc) is 3.29. The number of ether oxygens (including phenoxy) is 2. The van der Waals surface area contributed by atoms with Crippen LogP contribution in [0.4, 0.5) is 20.4 Å². The lowest BCUT2D eigenvalue weighted by atomic mass is 10.0. The molecule has 1 aliphatic heterocycles. The molecular formula is C25H24F2N6O2. The number of morpholine rings is 1. The maximum atomic E-state index is 14.0. The van der Waals surface area contributed by atoms with Crippen LogP contribution in [0.25, 0.3) is 28.4 Å². The minimum Gasteiger partial charge on any atom is -0.496 e. The number of nitrogens with zero attached hydrogens (tertiary/aromatic N) is 4. The lowest BCUT2D eigenvalue weighted by Gasteiger charge is -2.25. The van der Waals surface area contributed by atoms with Crippen molar-refractivity contribution in [2.75, 3.05) is 45.3 Å². The van der Waals surface area contributed by atoms with Gasteiger partial charge in [0.25, 0.3) is 0 Å². The molecule has 180 valence electrons. The molecule has 10 heteroatoms. The molecule has 8 nitrogen and oxygen atoms in total. The van der Waals surface area contributed by atoms with Gasteiger partial charge in [0.15, 0.2) is 5.65 Å².